The zero-order valence-electron chi connectivity index (χ0n) is 31.4. The average molecular weight is 757 g/mol. The molecule has 4 heterocycles. The molecule has 0 amide bonds. The smallest absolute Gasteiger partial charge is 0.210 e. The maximum Gasteiger partial charge on any atom is 0.210 e. The molecule has 58 heavy (non-hydrogen) atoms. The number of thiophene rings is 1. The molecule has 0 spiro atoms. The molecule has 0 saturated carbocycles. The Morgan fingerprint density at radius 2 is 0.948 bits per heavy atom. The lowest BCUT2D eigenvalue weighted by Crippen LogP contribution is -2.40. The van der Waals surface area contributed by atoms with Crippen molar-refractivity contribution in [3.05, 3.63) is 212 Å². The van der Waals surface area contributed by atoms with Gasteiger partial charge in [0.25, 0.3) is 0 Å². The molecule has 0 aliphatic heterocycles. The van der Waals surface area contributed by atoms with E-state index in [0.29, 0.717) is 0 Å². The molecule has 0 saturated heterocycles. The first-order valence-corrected chi connectivity index (χ1v) is 20.8. The van der Waals surface area contributed by atoms with Gasteiger partial charge in [0, 0.05) is 53.7 Å². The van der Waals surface area contributed by atoms with Gasteiger partial charge in [0.05, 0.1) is 32.5 Å². The quantitative estimate of drug-likeness (QED) is 0.159. The molecule has 0 radical (unpaired) electrons. The standard InChI is InChI=1S/C54H34N3S/c1-3-20-43-37(14-1)38-15-2-4-21-44(38)53(43)55-32-35(30-36(33-55)56-47-23-9-5-16-39(47)40-17-6-10-24-48(40)56)34-28-29-50-46(31-34)41-18-7-11-25-49(41)57(50)51-26-13-22-45-42-19-8-12-27-52(42)58-54(45)51/h1-33,53H/q+1. The highest BCUT2D eigenvalue weighted by Gasteiger charge is 2.36. The molecule has 12 aromatic rings. The van der Waals surface area contributed by atoms with Crippen LogP contribution < -0.4 is 4.57 Å². The minimum absolute atomic E-state index is 0.0339. The van der Waals surface area contributed by atoms with Gasteiger partial charge in [-0.2, -0.15) is 4.57 Å². The topological polar surface area (TPSA) is 13.7 Å². The average Bonchev–Trinajstić information content (AvgIpc) is 4.03. The summed E-state index contributed by atoms with van der Waals surface area (Å²) in [5, 5.41) is 7.64. The fourth-order valence-electron chi connectivity index (χ4n) is 9.98. The van der Waals surface area contributed by atoms with Crippen molar-refractivity contribution in [2.75, 3.05) is 0 Å². The van der Waals surface area contributed by atoms with Gasteiger partial charge in [-0.05, 0) is 65.2 Å². The summed E-state index contributed by atoms with van der Waals surface area (Å²) in [6.45, 7) is 0. The molecule has 0 atom stereocenters. The first-order valence-electron chi connectivity index (χ1n) is 20.0. The van der Waals surface area contributed by atoms with Crippen LogP contribution in [0.4, 0.5) is 0 Å². The molecule has 0 bridgehead atoms. The molecule has 4 heteroatoms. The van der Waals surface area contributed by atoms with E-state index in [1.165, 1.54) is 103 Å². The normalized spacial score (nSPS) is 12.8. The van der Waals surface area contributed by atoms with E-state index in [-0.39, 0.29) is 6.04 Å². The zero-order chi connectivity index (χ0) is 37.9. The Morgan fingerprint density at radius 3 is 1.66 bits per heavy atom. The molecule has 270 valence electrons. The van der Waals surface area contributed by atoms with Gasteiger partial charge in [0.2, 0.25) is 6.04 Å². The number of nitrogens with zero attached hydrogens (tertiary/aromatic N) is 3. The van der Waals surface area contributed by atoms with E-state index in [0.717, 1.165) is 5.69 Å². The van der Waals surface area contributed by atoms with E-state index in [2.05, 4.69) is 214 Å². The highest BCUT2D eigenvalue weighted by Crippen LogP contribution is 2.45. The third-order valence-corrected chi connectivity index (χ3v) is 13.6. The number of fused-ring (bicyclic) bond motifs is 12. The summed E-state index contributed by atoms with van der Waals surface area (Å²) < 4.78 is 10.0. The van der Waals surface area contributed by atoms with Gasteiger partial charge in [0.15, 0.2) is 12.4 Å². The summed E-state index contributed by atoms with van der Waals surface area (Å²) in [5.74, 6) is 0. The van der Waals surface area contributed by atoms with Gasteiger partial charge in [-0.1, -0.05) is 140 Å². The van der Waals surface area contributed by atoms with Crippen LogP contribution >= 0.6 is 11.3 Å². The van der Waals surface area contributed by atoms with E-state index >= 15 is 0 Å². The molecular weight excluding hydrogens is 723 g/mol. The number of aromatic nitrogens is 3. The number of hydrogen-bond acceptors (Lipinski definition) is 1. The lowest BCUT2D eigenvalue weighted by atomic mass is 10.0. The zero-order valence-corrected chi connectivity index (χ0v) is 32.2. The van der Waals surface area contributed by atoms with Crippen molar-refractivity contribution in [1.82, 2.24) is 9.13 Å². The van der Waals surface area contributed by atoms with Crippen molar-refractivity contribution in [2.45, 2.75) is 6.04 Å². The van der Waals surface area contributed by atoms with Crippen LogP contribution in [0.2, 0.25) is 0 Å². The summed E-state index contributed by atoms with van der Waals surface area (Å²) >= 11 is 1.88. The van der Waals surface area contributed by atoms with Crippen LogP contribution in [0.1, 0.15) is 17.2 Å². The molecule has 0 fully saturated rings. The van der Waals surface area contributed by atoms with Crippen LogP contribution in [0.3, 0.4) is 0 Å². The second-order valence-electron chi connectivity index (χ2n) is 15.5. The summed E-state index contributed by atoms with van der Waals surface area (Å²) in [4.78, 5) is 0. The minimum atomic E-state index is 0.0339. The van der Waals surface area contributed by atoms with Crippen molar-refractivity contribution >= 4 is 75.1 Å². The van der Waals surface area contributed by atoms with E-state index in [1.54, 1.807) is 0 Å². The molecule has 1 aliphatic carbocycles. The summed E-state index contributed by atoms with van der Waals surface area (Å²) in [6.07, 6.45) is 4.74. The molecule has 13 rings (SSSR count). The van der Waals surface area contributed by atoms with Crippen LogP contribution in [-0.2, 0) is 0 Å². The fraction of sp³-hybridized carbons (Fsp3) is 0.0185. The van der Waals surface area contributed by atoms with Crippen LogP contribution in [0.15, 0.2) is 200 Å². The first-order chi connectivity index (χ1) is 28.8. The predicted octanol–water partition coefficient (Wildman–Crippen LogP) is 13.8. The molecule has 0 N–H and O–H groups in total. The Balaban J connectivity index is 1.08. The maximum atomic E-state index is 2.48. The molecule has 4 aromatic heterocycles. The van der Waals surface area contributed by atoms with Gasteiger partial charge < -0.3 is 9.13 Å². The lowest BCUT2D eigenvalue weighted by molar-refractivity contribution is -0.703. The van der Waals surface area contributed by atoms with Crippen LogP contribution in [0.25, 0.3) is 97.4 Å². The molecule has 1 aliphatic rings. The number of pyridine rings is 1. The van der Waals surface area contributed by atoms with E-state index in [4.69, 9.17) is 0 Å². The second kappa shape index (κ2) is 12.1. The molecular formula is C54H34N3S+. The van der Waals surface area contributed by atoms with Crippen LogP contribution in [-0.4, -0.2) is 9.13 Å². The predicted molar refractivity (Wildman–Crippen MR) is 243 cm³/mol. The summed E-state index contributed by atoms with van der Waals surface area (Å²) in [7, 11) is 0. The molecule has 3 nitrogen and oxygen atoms in total. The van der Waals surface area contributed by atoms with Crippen LogP contribution in [0, 0.1) is 0 Å². The summed E-state index contributed by atoms with van der Waals surface area (Å²) in [5.41, 5.74) is 14.8. The van der Waals surface area contributed by atoms with Gasteiger partial charge in [-0.3, -0.25) is 0 Å². The third kappa shape index (κ3) is 4.46. The SMILES string of the molecule is c1ccc2c(c1)-c1ccccc1C2[n+]1cc(-c2ccc3c(c2)c2ccccc2n3-c2cccc3c2sc2ccccc23)cc(-n2c3ccccc3c3ccccc32)c1. The Kier molecular flexibility index (Phi) is 6.66. The van der Waals surface area contributed by atoms with E-state index < -0.39 is 0 Å². The number of benzene rings is 8. The molecule has 8 aromatic carbocycles. The van der Waals surface area contributed by atoms with Crippen molar-refractivity contribution in [2.24, 2.45) is 0 Å². The molecule has 0 unspecified atom stereocenters. The van der Waals surface area contributed by atoms with Crippen LogP contribution in [0.5, 0.6) is 0 Å². The Bertz CT molecular complexity index is 3560. The largest absolute Gasteiger partial charge is 0.308 e. The fourth-order valence-corrected chi connectivity index (χ4v) is 11.2. The summed E-state index contributed by atoms with van der Waals surface area (Å²) in [6, 6.07) is 69.4. The number of para-hydroxylation sites is 3. The Hall–Kier alpha value is -7.27. The van der Waals surface area contributed by atoms with Gasteiger partial charge in [0.1, 0.15) is 5.69 Å². The monoisotopic (exact) mass is 756 g/mol. The van der Waals surface area contributed by atoms with Gasteiger partial charge in [-0.25, -0.2) is 0 Å². The van der Waals surface area contributed by atoms with Crippen molar-refractivity contribution in [3.63, 3.8) is 0 Å². The third-order valence-electron chi connectivity index (χ3n) is 12.4. The lowest BCUT2D eigenvalue weighted by Gasteiger charge is -2.14. The minimum Gasteiger partial charge on any atom is -0.308 e. The Labute approximate surface area is 338 Å². The van der Waals surface area contributed by atoms with E-state index in [1.807, 2.05) is 11.3 Å². The van der Waals surface area contributed by atoms with Gasteiger partial charge >= 0.3 is 0 Å². The highest BCUT2D eigenvalue weighted by atomic mass is 32.1. The van der Waals surface area contributed by atoms with Crippen molar-refractivity contribution < 1.29 is 4.57 Å². The van der Waals surface area contributed by atoms with Gasteiger partial charge in [-0.15, -0.1) is 11.3 Å². The highest BCUT2D eigenvalue weighted by molar-refractivity contribution is 7.26. The number of rotatable bonds is 4. The maximum absolute atomic E-state index is 2.48. The number of hydrogen-bond donors (Lipinski definition) is 0. The van der Waals surface area contributed by atoms with Crippen molar-refractivity contribution in [3.8, 4) is 33.6 Å². The first kappa shape index (κ1) is 31.9. The van der Waals surface area contributed by atoms with E-state index in [9.17, 15) is 0 Å². The van der Waals surface area contributed by atoms with Crippen molar-refractivity contribution in [1.29, 1.82) is 0 Å². The second-order valence-corrected chi connectivity index (χ2v) is 16.6. The Morgan fingerprint density at radius 1 is 0.397 bits per heavy atom.